The third-order valence-corrected chi connectivity index (χ3v) is 2.98. The number of nitrogen functional groups attached to an aromatic ring is 1. The molecule has 4 heteroatoms. The highest BCUT2D eigenvalue weighted by atomic mass is 16.5. The lowest BCUT2D eigenvalue weighted by molar-refractivity contribution is 0.103. The molecule has 0 aliphatic carbocycles. The molecule has 110 valence electrons. The van der Waals surface area contributed by atoms with E-state index in [4.69, 9.17) is 15.2 Å². The normalized spacial score (nSPS) is 10.2. The Morgan fingerprint density at radius 2 is 1.48 bits per heavy atom. The van der Waals surface area contributed by atoms with Crippen LogP contribution in [0.3, 0.4) is 0 Å². The number of ether oxygens (including phenoxy) is 2. The molecule has 0 aliphatic heterocycles. The average molecular weight is 285 g/mol. The molecule has 2 aromatic carbocycles. The third kappa shape index (κ3) is 3.54. The van der Waals surface area contributed by atoms with Crippen LogP contribution in [0.2, 0.25) is 0 Å². The molecule has 2 rings (SSSR count). The number of nitrogens with two attached hydrogens (primary N) is 1. The van der Waals surface area contributed by atoms with Gasteiger partial charge in [0.05, 0.1) is 13.2 Å². The molecule has 4 nitrogen and oxygen atoms in total. The lowest BCUT2D eigenvalue weighted by Gasteiger charge is -2.12. The number of hydrogen-bond acceptors (Lipinski definition) is 4. The van der Waals surface area contributed by atoms with Crippen LogP contribution in [0.4, 0.5) is 5.69 Å². The number of anilines is 1. The Balaban J connectivity index is 2.32. The average Bonchev–Trinajstić information content (AvgIpc) is 2.49. The second-order valence-corrected chi connectivity index (χ2v) is 4.48. The Labute approximate surface area is 124 Å². The Morgan fingerprint density at radius 3 is 2.10 bits per heavy atom. The smallest absolute Gasteiger partial charge is 0.193 e. The van der Waals surface area contributed by atoms with Crippen molar-refractivity contribution in [3.63, 3.8) is 0 Å². The molecular weight excluding hydrogens is 266 g/mol. The van der Waals surface area contributed by atoms with Gasteiger partial charge < -0.3 is 15.2 Å². The summed E-state index contributed by atoms with van der Waals surface area (Å²) in [6.07, 6.45) is 0. The number of rotatable bonds is 6. The van der Waals surface area contributed by atoms with Crippen molar-refractivity contribution >= 4 is 11.5 Å². The molecule has 0 saturated heterocycles. The number of benzene rings is 2. The van der Waals surface area contributed by atoms with Crippen molar-refractivity contribution in [1.82, 2.24) is 0 Å². The maximum Gasteiger partial charge on any atom is 0.193 e. The summed E-state index contributed by atoms with van der Waals surface area (Å²) in [5.41, 5.74) is 7.42. The van der Waals surface area contributed by atoms with Crippen LogP contribution in [0, 0.1) is 0 Å². The molecule has 0 heterocycles. The highest BCUT2D eigenvalue weighted by molar-refractivity contribution is 6.09. The van der Waals surface area contributed by atoms with Crippen LogP contribution in [-0.2, 0) is 0 Å². The molecule has 0 spiro atoms. The first-order valence-corrected chi connectivity index (χ1v) is 6.95. The van der Waals surface area contributed by atoms with Gasteiger partial charge in [0.15, 0.2) is 17.3 Å². The van der Waals surface area contributed by atoms with E-state index in [0.29, 0.717) is 41.5 Å². The first-order chi connectivity index (χ1) is 10.2. The highest BCUT2D eigenvalue weighted by Gasteiger charge is 2.13. The molecule has 0 aromatic heterocycles. The standard InChI is InChI=1S/C17H19NO3/c1-3-20-15-10-7-13(11-16(15)21-4-2)17(19)12-5-8-14(18)9-6-12/h5-11H,3-4,18H2,1-2H3. The van der Waals surface area contributed by atoms with Crippen LogP contribution >= 0.6 is 0 Å². The maximum atomic E-state index is 12.4. The summed E-state index contributed by atoms with van der Waals surface area (Å²) >= 11 is 0. The fourth-order valence-electron chi connectivity index (χ4n) is 1.99. The largest absolute Gasteiger partial charge is 0.490 e. The Hall–Kier alpha value is -2.49. The second-order valence-electron chi connectivity index (χ2n) is 4.48. The van der Waals surface area contributed by atoms with Crippen molar-refractivity contribution in [3.8, 4) is 11.5 Å². The minimum atomic E-state index is -0.0704. The molecule has 0 unspecified atom stereocenters. The third-order valence-electron chi connectivity index (χ3n) is 2.98. The zero-order valence-electron chi connectivity index (χ0n) is 12.3. The van der Waals surface area contributed by atoms with E-state index in [9.17, 15) is 4.79 Å². The highest BCUT2D eigenvalue weighted by Crippen LogP contribution is 2.29. The fraction of sp³-hybridized carbons (Fsp3) is 0.235. The number of carbonyl (C=O) groups excluding carboxylic acids is 1. The van der Waals surface area contributed by atoms with Crippen LogP contribution < -0.4 is 15.2 Å². The summed E-state index contributed by atoms with van der Waals surface area (Å²) in [6.45, 7) is 4.86. The minimum absolute atomic E-state index is 0.0704. The SMILES string of the molecule is CCOc1ccc(C(=O)c2ccc(N)cc2)cc1OCC. The van der Waals surface area contributed by atoms with Gasteiger partial charge >= 0.3 is 0 Å². The topological polar surface area (TPSA) is 61.5 Å². The summed E-state index contributed by atoms with van der Waals surface area (Å²) in [7, 11) is 0. The molecule has 0 bridgehead atoms. The van der Waals surface area contributed by atoms with Gasteiger partial charge in [0.25, 0.3) is 0 Å². The Morgan fingerprint density at radius 1 is 0.905 bits per heavy atom. The van der Waals surface area contributed by atoms with Crippen LogP contribution in [0.1, 0.15) is 29.8 Å². The molecule has 21 heavy (non-hydrogen) atoms. The van der Waals surface area contributed by atoms with Crippen LogP contribution in [0.15, 0.2) is 42.5 Å². The van der Waals surface area contributed by atoms with Crippen molar-refractivity contribution in [2.24, 2.45) is 0 Å². The zero-order valence-corrected chi connectivity index (χ0v) is 12.3. The predicted molar refractivity (Wildman–Crippen MR) is 83.1 cm³/mol. The van der Waals surface area contributed by atoms with Crippen LogP contribution in [0.5, 0.6) is 11.5 Å². The number of hydrogen-bond donors (Lipinski definition) is 1. The van der Waals surface area contributed by atoms with Crippen molar-refractivity contribution in [2.45, 2.75) is 13.8 Å². The van der Waals surface area contributed by atoms with Crippen molar-refractivity contribution in [2.75, 3.05) is 18.9 Å². The van der Waals surface area contributed by atoms with Gasteiger partial charge in [-0.05, 0) is 56.3 Å². The molecular formula is C17H19NO3. The molecule has 0 amide bonds. The van der Waals surface area contributed by atoms with Gasteiger partial charge in [0.1, 0.15) is 0 Å². The Kier molecular flexibility index (Phi) is 4.82. The second kappa shape index (κ2) is 6.79. The van der Waals surface area contributed by atoms with E-state index in [1.54, 1.807) is 42.5 Å². The Bertz CT molecular complexity index is 620. The molecule has 2 N–H and O–H groups in total. The van der Waals surface area contributed by atoms with Gasteiger partial charge in [0.2, 0.25) is 0 Å². The van der Waals surface area contributed by atoms with Gasteiger partial charge in [-0.2, -0.15) is 0 Å². The summed E-state index contributed by atoms with van der Waals surface area (Å²) < 4.78 is 11.0. The van der Waals surface area contributed by atoms with E-state index in [1.165, 1.54) is 0 Å². The molecule has 0 radical (unpaired) electrons. The van der Waals surface area contributed by atoms with E-state index in [-0.39, 0.29) is 5.78 Å². The quantitative estimate of drug-likeness (QED) is 0.653. The first-order valence-electron chi connectivity index (χ1n) is 6.95. The maximum absolute atomic E-state index is 12.4. The summed E-state index contributed by atoms with van der Waals surface area (Å²) in [6, 6.07) is 12.1. The van der Waals surface area contributed by atoms with Gasteiger partial charge in [-0.15, -0.1) is 0 Å². The molecule has 0 atom stereocenters. The van der Waals surface area contributed by atoms with Crippen molar-refractivity contribution < 1.29 is 14.3 Å². The molecule has 0 saturated carbocycles. The predicted octanol–water partition coefficient (Wildman–Crippen LogP) is 3.30. The molecule has 0 fully saturated rings. The van der Waals surface area contributed by atoms with Crippen molar-refractivity contribution in [1.29, 1.82) is 0 Å². The van der Waals surface area contributed by atoms with Crippen LogP contribution in [-0.4, -0.2) is 19.0 Å². The van der Waals surface area contributed by atoms with Gasteiger partial charge in [-0.1, -0.05) is 0 Å². The zero-order chi connectivity index (χ0) is 15.2. The van der Waals surface area contributed by atoms with E-state index in [2.05, 4.69) is 0 Å². The van der Waals surface area contributed by atoms with Gasteiger partial charge in [-0.25, -0.2) is 0 Å². The minimum Gasteiger partial charge on any atom is -0.490 e. The van der Waals surface area contributed by atoms with E-state index in [0.717, 1.165) is 0 Å². The first kappa shape index (κ1) is 14.9. The molecule has 2 aromatic rings. The lowest BCUT2D eigenvalue weighted by Crippen LogP contribution is -2.04. The lowest BCUT2D eigenvalue weighted by atomic mass is 10.0. The van der Waals surface area contributed by atoms with E-state index >= 15 is 0 Å². The van der Waals surface area contributed by atoms with E-state index in [1.807, 2.05) is 13.8 Å². The van der Waals surface area contributed by atoms with Crippen LogP contribution in [0.25, 0.3) is 0 Å². The van der Waals surface area contributed by atoms with Gasteiger partial charge in [0, 0.05) is 16.8 Å². The van der Waals surface area contributed by atoms with E-state index < -0.39 is 0 Å². The van der Waals surface area contributed by atoms with Crippen molar-refractivity contribution in [3.05, 3.63) is 53.6 Å². The summed E-state index contributed by atoms with van der Waals surface area (Å²) in [4.78, 5) is 12.4. The number of ketones is 1. The monoisotopic (exact) mass is 285 g/mol. The van der Waals surface area contributed by atoms with Gasteiger partial charge in [-0.3, -0.25) is 4.79 Å². The molecule has 0 aliphatic rings. The number of carbonyl (C=O) groups is 1. The summed E-state index contributed by atoms with van der Waals surface area (Å²) in [5.74, 6) is 1.16. The fourth-order valence-corrected chi connectivity index (χ4v) is 1.99. The summed E-state index contributed by atoms with van der Waals surface area (Å²) in [5, 5.41) is 0.